The molecule has 0 atom stereocenters. The van der Waals surface area contributed by atoms with Crippen LogP contribution in [0.2, 0.25) is 0 Å². The maximum Gasteiger partial charge on any atom is 0.267 e. The lowest BCUT2D eigenvalue weighted by Crippen LogP contribution is -2.53. The number of anilines is 1. The first-order chi connectivity index (χ1) is 8.08. The van der Waals surface area contributed by atoms with Crippen LogP contribution in [0.3, 0.4) is 0 Å². The number of hydrogen-bond acceptors (Lipinski definition) is 4. The van der Waals surface area contributed by atoms with E-state index in [0.717, 1.165) is 0 Å². The molecule has 0 aliphatic carbocycles. The van der Waals surface area contributed by atoms with Gasteiger partial charge in [0.05, 0.1) is 5.69 Å². The maximum absolute atomic E-state index is 12.8. The summed E-state index contributed by atoms with van der Waals surface area (Å²) in [7, 11) is 0. The summed E-state index contributed by atoms with van der Waals surface area (Å²) in [6, 6.07) is 5.37. The molecule has 0 fully saturated rings. The third-order valence-corrected chi connectivity index (χ3v) is 2.26. The second kappa shape index (κ2) is 4.32. The van der Waals surface area contributed by atoms with Gasteiger partial charge in [-0.25, -0.2) is 9.40 Å². The highest BCUT2D eigenvalue weighted by atomic mass is 19.1. The number of hydrazine groups is 1. The minimum Gasteiger partial charge on any atom is -0.291 e. The van der Waals surface area contributed by atoms with E-state index in [9.17, 15) is 14.0 Å². The van der Waals surface area contributed by atoms with Crippen LogP contribution in [0.1, 0.15) is 6.92 Å². The molecule has 0 saturated heterocycles. The Morgan fingerprint density at radius 2 is 2.06 bits per heavy atom. The highest BCUT2D eigenvalue weighted by Crippen LogP contribution is 2.14. The molecule has 1 aromatic rings. The minimum atomic E-state index is -0.390. The number of nitrogens with zero attached hydrogens (tertiary/aromatic N) is 2. The Morgan fingerprint density at radius 1 is 1.41 bits per heavy atom. The highest BCUT2D eigenvalue weighted by molar-refractivity contribution is 6.39. The topological polar surface area (TPSA) is 61.8 Å². The molecule has 0 unspecified atom stereocenters. The van der Waals surface area contributed by atoms with E-state index in [1.54, 1.807) is 0 Å². The van der Waals surface area contributed by atoms with Gasteiger partial charge in [-0.15, -0.1) is 0 Å². The molecular formula is C11H10FN3O2. The Hall–Kier alpha value is -2.24. The van der Waals surface area contributed by atoms with E-state index in [1.807, 2.05) is 0 Å². The van der Waals surface area contributed by atoms with Crippen molar-refractivity contribution in [3.63, 3.8) is 0 Å². The van der Waals surface area contributed by atoms with Gasteiger partial charge < -0.3 is 0 Å². The van der Waals surface area contributed by atoms with Crippen LogP contribution < -0.4 is 10.4 Å². The maximum atomic E-state index is 12.8. The van der Waals surface area contributed by atoms with E-state index in [1.165, 1.54) is 36.2 Å². The standard InChI is InChI=1S/C11H10FN3O2/c1-7(16)11-13-6-10(17)15(14-11)9-4-2-8(12)3-5-9/h2-5H,6H2,1H3,(H,13,14). The van der Waals surface area contributed by atoms with Gasteiger partial charge in [-0.2, -0.15) is 0 Å². The fourth-order valence-corrected chi connectivity index (χ4v) is 1.41. The van der Waals surface area contributed by atoms with Crippen molar-refractivity contribution in [1.82, 2.24) is 5.43 Å². The fourth-order valence-electron chi connectivity index (χ4n) is 1.41. The van der Waals surface area contributed by atoms with Gasteiger partial charge in [0.25, 0.3) is 5.91 Å². The second-order valence-electron chi connectivity index (χ2n) is 3.54. The molecule has 88 valence electrons. The van der Waals surface area contributed by atoms with Gasteiger partial charge in [0.15, 0.2) is 11.6 Å². The molecule has 5 nitrogen and oxygen atoms in total. The highest BCUT2D eigenvalue weighted by Gasteiger charge is 2.23. The summed E-state index contributed by atoms with van der Waals surface area (Å²) in [5.41, 5.74) is 3.06. The van der Waals surface area contributed by atoms with Crippen LogP contribution in [0.15, 0.2) is 29.3 Å². The number of amides is 1. The summed E-state index contributed by atoms with van der Waals surface area (Å²) in [6.45, 7) is 1.25. The lowest BCUT2D eigenvalue weighted by atomic mass is 10.3. The summed E-state index contributed by atoms with van der Waals surface area (Å²) < 4.78 is 12.8. The quantitative estimate of drug-likeness (QED) is 0.819. The van der Waals surface area contributed by atoms with E-state index in [-0.39, 0.29) is 24.1 Å². The Kier molecular flexibility index (Phi) is 2.86. The zero-order valence-corrected chi connectivity index (χ0v) is 9.11. The molecule has 1 aliphatic rings. The lowest BCUT2D eigenvalue weighted by Gasteiger charge is -2.27. The molecule has 1 heterocycles. The summed E-state index contributed by atoms with van der Waals surface area (Å²) in [5.74, 6) is -0.834. The molecule has 0 saturated carbocycles. The summed E-state index contributed by atoms with van der Waals surface area (Å²) >= 11 is 0. The molecule has 1 aromatic carbocycles. The van der Waals surface area contributed by atoms with Gasteiger partial charge in [0.1, 0.15) is 12.4 Å². The van der Waals surface area contributed by atoms with Gasteiger partial charge in [0.2, 0.25) is 0 Å². The smallest absolute Gasteiger partial charge is 0.267 e. The van der Waals surface area contributed by atoms with E-state index in [0.29, 0.717) is 5.69 Å². The number of amidine groups is 1. The minimum absolute atomic E-state index is 0.0979. The van der Waals surface area contributed by atoms with Gasteiger partial charge in [0, 0.05) is 6.92 Å². The lowest BCUT2D eigenvalue weighted by molar-refractivity contribution is -0.118. The first kappa shape index (κ1) is 11.3. The number of aliphatic imine (C=N–C) groups is 1. The van der Waals surface area contributed by atoms with Crippen LogP contribution >= 0.6 is 0 Å². The van der Waals surface area contributed by atoms with E-state index in [2.05, 4.69) is 10.4 Å². The molecule has 0 radical (unpaired) electrons. The van der Waals surface area contributed by atoms with Crippen LogP contribution in [0.25, 0.3) is 0 Å². The van der Waals surface area contributed by atoms with Gasteiger partial charge in [-0.3, -0.25) is 20.0 Å². The molecule has 2 rings (SSSR count). The van der Waals surface area contributed by atoms with Crippen molar-refractivity contribution in [2.45, 2.75) is 6.92 Å². The van der Waals surface area contributed by atoms with Gasteiger partial charge in [-0.1, -0.05) is 0 Å². The Morgan fingerprint density at radius 3 is 2.65 bits per heavy atom. The van der Waals surface area contributed by atoms with Gasteiger partial charge >= 0.3 is 0 Å². The van der Waals surface area contributed by atoms with Crippen LogP contribution in [0.4, 0.5) is 10.1 Å². The summed E-state index contributed by atoms with van der Waals surface area (Å²) in [6.07, 6.45) is 0. The van der Waals surface area contributed by atoms with E-state index < -0.39 is 5.82 Å². The molecule has 0 aromatic heterocycles. The zero-order chi connectivity index (χ0) is 12.4. The SMILES string of the molecule is CC(=O)C1=NCC(=O)N(c2ccc(F)cc2)N1. The monoisotopic (exact) mass is 235 g/mol. The van der Waals surface area contributed by atoms with E-state index in [4.69, 9.17) is 0 Å². The molecule has 1 N–H and O–H groups in total. The molecule has 0 spiro atoms. The second-order valence-corrected chi connectivity index (χ2v) is 3.54. The molecule has 1 amide bonds. The third kappa shape index (κ3) is 2.30. The van der Waals surface area contributed by atoms with Crippen LogP contribution in [-0.4, -0.2) is 24.1 Å². The average molecular weight is 235 g/mol. The van der Waals surface area contributed by atoms with Crippen LogP contribution in [-0.2, 0) is 9.59 Å². The number of carbonyl (C=O) groups excluding carboxylic acids is 2. The van der Waals surface area contributed by atoms with Crippen molar-refractivity contribution in [2.24, 2.45) is 4.99 Å². The van der Waals surface area contributed by atoms with Crippen molar-refractivity contribution in [1.29, 1.82) is 0 Å². The Balaban J connectivity index is 2.27. The number of ketones is 1. The fraction of sp³-hybridized carbons (Fsp3) is 0.182. The summed E-state index contributed by atoms with van der Waals surface area (Å²) in [5, 5.41) is 1.18. The molecule has 0 bridgehead atoms. The number of nitrogens with one attached hydrogen (secondary N) is 1. The predicted molar refractivity (Wildman–Crippen MR) is 60.0 cm³/mol. The van der Waals surface area contributed by atoms with Gasteiger partial charge in [-0.05, 0) is 24.3 Å². The molecular weight excluding hydrogens is 225 g/mol. The van der Waals surface area contributed by atoms with E-state index >= 15 is 0 Å². The van der Waals surface area contributed by atoms with Crippen LogP contribution in [0.5, 0.6) is 0 Å². The van der Waals surface area contributed by atoms with Crippen molar-refractivity contribution < 1.29 is 14.0 Å². The Bertz CT molecular complexity index is 496. The molecule has 17 heavy (non-hydrogen) atoms. The number of benzene rings is 1. The summed E-state index contributed by atoms with van der Waals surface area (Å²) in [4.78, 5) is 26.5. The normalized spacial score (nSPS) is 15.3. The first-order valence-electron chi connectivity index (χ1n) is 4.98. The van der Waals surface area contributed by atoms with Crippen LogP contribution in [0, 0.1) is 5.82 Å². The van der Waals surface area contributed by atoms with Crippen molar-refractivity contribution in [3.8, 4) is 0 Å². The third-order valence-electron chi connectivity index (χ3n) is 2.26. The number of rotatable bonds is 2. The van der Waals surface area contributed by atoms with Crippen molar-refractivity contribution in [2.75, 3.05) is 11.6 Å². The first-order valence-corrected chi connectivity index (χ1v) is 4.98. The average Bonchev–Trinajstić information content (AvgIpc) is 2.31. The Labute approximate surface area is 96.9 Å². The zero-order valence-electron chi connectivity index (χ0n) is 9.11. The number of carbonyl (C=O) groups is 2. The number of halogens is 1. The largest absolute Gasteiger partial charge is 0.291 e. The predicted octanol–water partition coefficient (Wildman–Crippen LogP) is 0.664. The molecule has 1 aliphatic heterocycles. The number of hydrogen-bond donors (Lipinski definition) is 1. The van der Waals surface area contributed by atoms with Crippen molar-refractivity contribution in [3.05, 3.63) is 30.1 Å². The van der Waals surface area contributed by atoms with Crippen molar-refractivity contribution >= 4 is 23.2 Å². The number of Topliss-reactive ketones (excluding diaryl/α,β-unsaturated/α-hetero) is 1. The molecule has 6 heteroatoms.